The average molecular weight is 563 g/mol. The third-order valence-electron chi connectivity index (χ3n) is 8.02. The minimum absolute atomic E-state index is 0.185. The molecular formula is C29H24Cl2N4O4. The van der Waals surface area contributed by atoms with Crippen molar-refractivity contribution in [3.63, 3.8) is 0 Å². The van der Waals surface area contributed by atoms with Crippen LogP contribution < -0.4 is 0 Å². The minimum Gasteiger partial charge on any atom is -0.344 e. The molecule has 0 N–H and O–H groups in total. The Bertz CT molecular complexity index is 1600. The molecule has 2 aliphatic heterocycles. The highest BCUT2D eigenvalue weighted by Gasteiger charge is 2.59. The first-order valence-corrected chi connectivity index (χ1v) is 13.5. The molecule has 10 heteroatoms. The van der Waals surface area contributed by atoms with E-state index >= 15 is 0 Å². The van der Waals surface area contributed by atoms with Crippen molar-refractivity contribution in [2.24, 2.45) is 5.92 Å². The molecule has 2 aromatic carbocycles. The number of carbonyl (C=O) groups excluding carboxylic acids is 2. The van der Waals surface area contributed by atoms with Gasteiger partial charge in [0.15, 0.2) is 5.79 Å². The number of rotatable bonds is 4. The summed E-state index contributed by atoms with van der Waals surface area (Å²) in [6.07, 6.45) is 3.20. The molecule has 0 spiro atoms. The van der Waals surface area contributed by atoms with Crippen molar-refractivity contribution >= 4 is 46.0 Å². The van der Waals surface area contributed by atoms with E-state index in [0.717, 1.165) is 10.9 Å². The summed E-state index contributed by atoms with van der Waals surface area (Å²) in [5.41, 5.74) is 2.30. The van der Waals surface area contributed by atoms with E-state index in [0.29, 0.717) is 33.4 Å². The third kappa shape index (κ3) is 3.81. The Balaban J connectivity index is 1.36. The lowest BCUT2D eigenvalue weighted by Crippen LogP contribution is -2.42. The summed E-state index contributed by atoms with van der Waals surface area (Å²) in [5, 5.41) is 1.68. The number of carbonyl (C=O) groups is 2. The molecule has 0 bridgehead atoms. The number of amides is 2. The summed E-state index contributed by atoms with van der Waals surface area (Å²) in [6.45, 7) is 3.76. The van der Waals surface area contributed by atoms with E-state index in [4.69, 9.17) is 32.7 Å². The van der Waals surface area contributed by atoms with Crippen molar-refractivity contribution < 1.29 is 19.1 Å². The summed E-state index contributed by atoms with van der Waals surface area (Å²) >= 11 is 12.6. The number of aromatic nitrogens is 3. The van der Waals surface area contributed by atoms with Gasteiger partial charge in [0.1, 0.15) is 23.2 Å². The van der Waals surface area contributed by atoms with Gasteiger partial charge in [-0.15, -0.1) is 0 Å². The van der Waals surface area contributed by atoms with Crippen molar-refractivity contribution in [1.29, 1.82) is 0 Å². The second kappa shape index (κ2) is 8.86. The smallest absolute Gasteiger partial charge is 0.262 e. The van der Waals surface area contributed by atoms with Crippen LogP contribution in [0, 0.1) is 5.92 Å². The van der Waals surface area contributed by atoms with Gasteiger partial charge in [-0.25, -0.2) is 9.97 Å². The maximum absolute atomic E-state index is 13.8. The van der Waals surface area contributed by atoms with Crippen molar-refractivity contribution in [3.05, 3.63) is 94.0 Å². The van der Waals surface area contributed by atoms with Crippen LogP contribution in [-0.2, 0) is 9.47 Å². The molecule has 4 aromatic rings. The molecule has 2 aromatic heterocycles. The van der Waals surface area contributed by atoms with Crippen LogP contribution in [0.3, 0.4) is 0 Å². The number of benzene rings is 2. The molecule has 39 heavy (non-hydrogen) atoms. The second-order valence-electron chi connectivity index (χ2n) is 10.7. The lowest BCUT2D eigenvalue weighted by molar-refractivity contribution is -0.162. The highest BCUT2D eigenvalue weighted by atomic mass is 35.5. The Morgan fingerprint density at radius 2 is 1.59 bits per heavy atom. The highest BCUT2D eigenvalue weighted by molar-refractivity contribution is 6.33. The standard InChI is InChI=1S/C29H24Cl2N4O4/c1-29(2)38-23-20(13-21(24(23)39-29)34-12-11-19-25(31)32-14-33-26(19)34)22(15-7-9-16(30)10-8-15)35-27(36)17-5-3-4-6-18(17)28(35)37/h3-12,14,20-24H,13H2,1-2H3/t20-,21-,22?,23-,24+/m1/s1. The summed E-state index contributed by atoms with van der Waals surface area (Å²) in [4.78, 5) is 37.5. The van der Waals surface area contributed by atoms with E-state index in [2.05, 4.69) is 9.97 Å². The fraction of sp³-hybridized carbons (Fsp3) is 0.310. The summed E-state index contributed by atoms with van der Waals surface area (Å²) in [7, 11) is 0. The SMILES string of the molecule is CC1(C)O[C@@H]2[C@H](O1)[C@@H](C(c1ccc(Cl)cc1)N1C(=O)c3ccccc3C1=O)C[C@H]2n1ccc2c(Cl)ncnc21. The quantitative estimate of drug-likeness (QED) is 0.229. The molecule has 198 valence electrons. The Kier molecular flexibility index (Phi) is 5.61. The van der Waals surface area contributed by atoms with Gasteiger partial charge >= 0.3 is 0 Å². The number of halogens is 2. The minimum atomic E-state index is -0.853. The summed E-state index contributed by atoms with van der Waals surface area (Å²) in [5.74, 6) is -1.77. The molecule has 1 unspecified atom stereocenters. The van der Waals surface area contributed by atoms with Gasteiger partial charge in [-0.2, -0.15) is 0 Å². The highest BCUT2D eigenvalue weighted by Crippen LogP contribution is 2.53. The number of hydrogen-bond acceptors (Lipinski definition) is 6. The van der Waals surface area contributed by atoms with Gasteiger partial charge in [0.25, 0.3) is 11.8 Å². The molecule has 8 nitrogen and oxygen atoms in total. The lowest BCUT2D eigenvalue weighted by atomic mass is 9.88. The molecule has 5 atom stereocenters. The topological polar surface area (TPSA) is 86.5 Å². The maximum Gasteiger partial charge on any atom is 0.262 e. The number of fused-ring (bicyclic) bond motifs is 3. The fourth-order valence-electron chi connectivity index (χ4n) is 6.49. The summed E-state index contributed by atoms with van der Waals surface area (Å²) in [6, 6.07) is 15.3. The number of nitrogens with zero attached hydrogens (tertiary/aromatic N) is 4. The monoisotopic (exact) mass is 562 g/mol. The van der Waals surface area contributed by atoms with Crippen LogP contribution in [0.25, 0.3) is 11.0 Å². The zero-order chi connectivity index (χ0) is 27.1. The van der Waals surface area contributed by atoms with Crippen LogP contribution in [0.5, 0.6) is 0 Å². The van der Waals surface area contributed by atoms with E-state index in [1.807, 2.05) is 42.8 Å². The molecule has 3 aliphatic rings. The van der Waals surface area contributed by atoms with Gasteiger partial charge in [-0.1, -0.05) is 47.5 Å². The van der Waals surface area contributed by atoms with Crippen LogP contribution in [-0.4, -0.2) is 49.2 Å². The van der Waals surface area contributed by atoms with Crippen LogP contribution in [0.15, 0.2) is 67.1 Å². The van der Waals surface area contributed by atoms with E-state index < -0.39 is 17.9 Å². The van der Waals surface area contributed by atoms with Crippen molar-refractivity contribution in [3.8, 4) is 0 Å². The molecule has 2 fully saturated rings. The first-order valence-electron chi connectivity index (χ1n) is 12.8. The normalized spacial score (nSPS) is 26.3. The first kappa shape index (κ1) is 24.7. The number of imide groups is 1. The molecular weight excluding hydrogens is 539 g/mol. The van der Waals surface area contributed by atoms with Gasteiger partial charge in [0.05, 0.1) is 34.7 Å². The second-order valence-corrected chi connectivity index (χ2v) is 11.5. The van der Waals surface area contributed by atoms with Crippen LogP contribution in [0.1, 0.15) is 58.6 Å². The van der Waals surface area contributed by atoms with Crippen molar-refractivity contribution in [2.45, 2.75) is 50.3 Å². The van der Waals surface area contributed by atoms with Gasteiger partial charge in [0.2, 0.25) is 0 Å². The first-order chi connectivity index (χ1) is 18.7. The maximum atomic E-state index is 13.8. The van der Waals surface area contributed by atoms with E-state index in [1.54, 1.807) is 36.4 Å². The predicted molar refractivity (Wildman–Crippen MR) is 145 cm³/mol. The van der Waals surface area contributed by atoms with Crippen LogP contribution >= 0.6 is 23.2 Å². The molecule has 1 saturated carbocycles. The zero-order valence-electron chi connectivity index (χ0n) is 21.1. The van der Waals surface area contributed by atoms with Crippen LogP contribution in [0.2, 0.25) is 10.2 Å². The predicted octanol–water partition coefficient (Wildman–Crippen LogP) is 5.86. The largest absolute Gasteiger partial charge is 0.344 e. The molecule has 0 radical (unpaired) electrons. The molecule has 4 heterocycles. The molecule has 1 saturated heterocycles. The Labute approximate surface area is 234 Å². The average Bonchev–Trinajstić information content (AvgIpc) is 3.63. The number of hydrogen-bond donors (Lipinski definition) is 0. The van der Waals surface area contributed by atoms with Crippen LogP contribution in [0.4, 0.5) is 0 Å². The zero-order valence-corrected chi connectivity index (χ0v) is 22.6. The molecule has 7 rings (SSSR count). The van der Waals surface area contributed by atoms with Gasteiger partial charge < -0.3 is 14.0 Å². The van der Waals surface area contributed by atoms with E-state index in [9.17, 15) is 9.59 Å². The molecule has 2 amide bonds. The Morgan fingerprint density at radius 3 is 2.28 bits per heavy atom. The van der Waals surface area contributed by atoms with E-state index in [-0.39, 0.29) is 29.9 Å². The van der Waals surface area contributed by atoms with Gasteiger partial charge in [0, 0.05) is 17.1 Å². The lowest BCUT2D eigenvalue weighted by Gasteiger charge is -2.34. The van der Waals surface area contributed by atoms with Crippen molar-refractivity contribution in [1.82, 2.24) is 19.4 Å². The summed E-state index contributed by atoms with van der Waals surface area (Å²) < 4.78 is 15.0. The van der Waals surface area contributed by atoms with Gasteiger partial charge in [-0.3, -0.25) is 14.5 Å². The fourth-order valence-corrected chi connectivity index (χ4v) is 6.81. The molecule has 1 aliphatic carbocycles. The number of ether oxygens (including phenoxy) is 2. The van der Waals surface area contributed by atoms with E-state index in [1.165, 1.54) is 11.2 Å². The Hall–Kier alpha value is -3.30. The Morgan fingerprint density at radius 1 is 0.923 bits per heavy atom. The van der Waals surface area contributed by atoms with Gasteiger partial charge in [-0.05, 0) is 56.2 Å². The third-order valence-corrected chi connectivity index (χ3v) is 8.57. The van der Waals surface area contributed by atoms with Crippen molar-refractivity contribution in [2.75, 3.05) is 0 Å².